The van der Waals surface area contributed by atoms with Crippen LogP contribution < -0.4 is 0 Å². The first-order valence-corrected chi connectivity index (χ1v) is 7.63. The fraction of sp³-hybridized carbons (Fsp3) is 0.786. The predicted octanol–water partition coefficient (Wildman–Crippen LogP) is 3.81. The average molecular weight is 256 g/mol. The molecule has 0 saturated heterocycles. The van der Waals surface area contributed by atoms with Crippen LogP contribution in [0.4, 0.5) is 0 Å². The molecule has 0 aromatic carbocycles. The molecule has 1 aliphatic carbocycles. The lowest BCUT2D eigenvalue weighted by Gasteiger charge is -2.25. The molecule has 2 unspecified atom stereocenters. The van der Waals surface area contributed by atoms with Crippen LogP contribution in [0.25, 0.3) is 0 Å². The summed E-state index contributed by atoms with van der Waals surface area (Å²) in [6, 6.07) is 0. The number of hydrogen-bond acceptors (Lipinski definition) is 3. The first-order valence-electron chi connectivity index (χ1n) is 6.34. The summed E-state index contributed by atoms with van der Waals surface area (Å²) in [6.07, 6.45) is 10.8. The third-order valence-corrected chi connectivity index (χ3v) is 4.01. The van der Waals surface area contributed by atoms with Crippen LogP contribution in [-0.4, -0.2) is 23.1 Å². The van der Waals surface area contributed by atoms with Gasteiger partial charge in [0.05, 0.1) is 0 Å². The minimum absolute atomic E-state index is 0.219. The lowest BCUT2D eigenvalue weighted by Crippen LogP contribution is -2.23. The summed E-state index contributed by atoms with van der Waals surface area (Å²) in [5, 5.41) is 0.761. The van der Waals surface area contributed by atoms with E-state index in [0.717, 1.165) is 5.25 Å². The zero-order chi connectivity index (χ0) is 12.9. The van der Waals surface area contributed by atoms with Gasteiger partial charge < -0.3 is 4.74 Å². The number of hydrogen-bond donors (Lipinski definition) is 0. The zero-order valence-corrected chi connectivity index (χ0v) is 12.2. The van der Waals surface area contributed by atoms with Crippen molar-refractivity contribution in [1.82, 2.24) is 0 Å². The van der Waals surface area contributed by atoms with E-state index in [1.807, 2.05) is 38.6 Å². The quantitative estimate of drug-likeness (QED) is 0.567. The maximum absolute atomic E-state index is 11.5. The highest BCUT2D eigenvalue weighted by atomic mass is 32.2. The fourth-order valence-electron chi connectivity index (χ4n) is 2.12. The van der Waals surface area contributed by atoms with Crippen LogP contribution in [0.3, 0.4) is 0 Å². The molecular weight excluding hydrogens is 232 g/mol. The van der Waals surface area contributed by atoms with Crippen molar-refractivity contribution in [1.29, 1.82) is 0 Å². The first-order chi connectivity index (χ1) is 7.90. The van der Waals surface area contributed by atoms with Gasteiger partial charge in [-0.3, -0.25) is 0 Å². The van der Waals surface area contributed by atoms with Gasteiger partial charge in [0.15, 0.2) is 0 Å². The Labute approximate surface area is 109 Å². The fourth-order valence-corrected chi connectivity index (χ4v) is 2.96. The molecular formula is C14H24O2S. The van der Waals surface area contributed by atoms with E-state index in [4.69, 9.17) is 4.74 Å². The van der Waals surface area contributed by atoms with Gasteiger partial charge in [-0.1, -0.05) is 12.5 Å². The third kappa shape index (κ3) is 6.16. The Kier molecular flexibility index (Phi) is 5.57. The molecule has 1 saturated carbocycles. The summed E-state index contributed by atoms with van der Waals surface area (Å²) in [6.45, 7) is 5.68. The van der Waals surface area contributed by atoms with Crippen LogP contribution in [-0.2, 0) is 9.53 Å². The van der Waals surface area contributed by atoms with Crippen molar-refractivity contribution in [3.63, 3.8) is 0 Å². The van der Waals surface area contributed by atoms with Crippen molar-refractivity contribution in [2.75, 3.05) is 6.26 Å². The summed E-state index contributed by atoms with van der Waals surface area (Å²) in [5.74, 6) is 0.331. The van der Waals surface area contributed by atoms with E-state index in [-0.39, 0.29) is 5.97 Å². The number of carbonyl (C=O) groups is 1. The Morgan fingerprint density at radius 1 is 1.35 bits per heavy atom. The summed E-state index contributed by atoms with van der Waals surface area (Å²) in [4.78, 5) is 11.5. The van der Waals surface area contributed by atoms with Gasteiger partial charge in [-0.15, -0.1) is 0 Å². The van der Waals surface area contributed by atoms with E-state index in [9.17, 15) is 4.79 Å². The van der Waals surface area contributed by atoms with Crippen LogP contribution in [0.5, 0.6) is 0 Å². The monoisotopic (exact) mass is 256 g/mol. The van der Waals surface area contributed by atoms with Crippen molar-refractivity contribution in [2.45, 2.75) is 57.3 Å². The molecule has 0 amide bonds. The number of thioether (sulfide) groups is 1. The summed E-state index contributed by atoms with van der Waals surface area (Å²) in [5.41, 5.74) is -0.393. The maximum Gasteiger partial charge on any atom is 0.330 e. The van der Waals surface area contributed by atoms with E-state index in [1.165, 1.54) is 25.7 Å². The van der Waals surface area contributed by atoms with Crippen LogP contribution in [0.15, 0.2) is 12.2 Å². The Balaban J connectivity index is 2.39. The molecule has 0 heterocycles. The maximum atomic E-state index is 11.5. The molecule has 98 valence electrons. The van der Waals surface area contributed by atoms with Crippen LogP contribution >= 0.6 is 11.8 Å². The van der Waals surface area contributed by atoms with Gasteiger partial charge in [0, 0.05) is 11.3 Å². The van der Waals surface area contributed by atoms with E-state index < -0.39 is 5.60 Å². The topological polar surface area (TPSA) is 26.3 Å². The average Bonchev–Trinajstić information content (AvgIpc) is 2.24. The minimum Gasteiger partial charge on any atom is -0.457 e. The third-order valence-electron chi connectivity index (χ3n) is 2.91. The molecule has 17 heavy (non-hydrogen) atoms. The molecule has 0 spiro atoms. The Morgan fingerprint density at radius 2 is 2.06 bits per heavy atom. The van der Waals surface area contributed by atoms with E-state index in [1.54, 1.807) is 6.08 Å². The van der Waals surface area contributed by atoms with E-state index in [0.29, 0.717) is 5.92 Å². The molecule has 0 bridgehead atoms. The molecule has 1 fully saturated rings. The van der Waals surface area contributed by atoms with Crippen LogP contribution in [0.2, 0.25) is 0 Å². The second-order valence-electron chi connectivity index (χ2n) is 5.68. The van der Waals surface area contributed by atoms with Crippen molar-refractivity contribution in [3.8, 4) is 0 Å². The van der Waals surface area contributed by atoms with Gasteiger partial charge in [-0.25, -0.2) is 4.79 Å². The molecule has 0 aromatic heterocycles. The largest absolute Gasteiger partial charge is 0.457 e. The van der Waals surface area contributed by atoms with Crippen molar-refractivity contribution >= 4 is 17.7 Å². The predicted molar refractivity (Wildman–Crippen MR) is 74.2 cm³/mol. The van der Waals surface area contributed by atoms with Crippen LogP contribution in [0.1, 0.15) is 46.5 Å². The lowest BCUT2D eigenvalue weighted by atomic mass is 9.88. The van der Waals surface area contributed by atoms with Crippen molar-refractivity contribution in [2.24, 2.45) is 5.92 Å². The number of rotatable bonds is 3. The van der Waals surface area contributed by atoms with Crippen LogP contribution in [0, 0.1) is 5.92 Å². The Bertz CT molecular complexity index is 278. The van der Waals surface area contributed by atoms with E-state index >= 15 is 0 Å². The SMILES string of the molecule is CSC1CCCC(/C=C/C(=O)OC(C)(C)C)C1. The Hall–Kier alpha value is -0.440. The smallest absolute Gasteiger partial charge is 0.330 e. The molecule has 1 aliphatic rings. The number of carbonyl (C=O) groups excluding carboxylic acids is 1. The normalized spacial score (nSPS) is 26.1. The van der Waals surface area contributed by atoms with Gasteiger partial charge in [-0.05, 0) is 52.2 Å². The van der Waals surface area contributed by atoms with Crippen molar-refractivity contribution in [3.05, 3.63) is 12.2 Å². The minimum atomic E-state index is -0.393. The van der Waals surface area contributed by atoms with Gasteiger partial charge >= 0.3 is 5.97 Å². The lowest BCUT2D eigenvalue weighted by molar-refractivity contribution is -0.148. The van der Waals surface area contributed by atoms with Gasteiger partial charge in [0.2, 0.25) is 0 Å². The van der Waals surface area contributed by atoms with Gasteiger partial charge in [0.25, 0.3) is 0 Å². The molecule has 1 rings (SSSR count). The molecule has 2 atom stereocenters. The highest BCUT2D eigenvalue weighted by Crippen LogP contribution is 2.31. The summed E-state index contributed by atoms with van der Waals surface area (Å²) < 4.78 is 5.25. The molecule has 0 aromatic rings. The summed E-state index contributed by atoms with van der Waals surface area (Å²) >= 11 is 1.94. The zero-order valence-electron chi connectivity index (χ0n) is 11.4. The van der Waals surface area contributed by atoms with Gasteiger partial charge in [0.1, 0.15) is 5.60 Å². The molecule has 0 N–H and O–H groups in total. The number of esters is 1. The Morgan fingerprint density at radius 3 is 2.65 bits per heavy atom. The van der Waals surface area contributed by atoms with E-state index in [2.05, 4.69) is 6.26 Å². The first kappa shape index (κ1) is 14.6. The van der Waals surface area contributed by atoms with Gasteiger partial charge in [-0.2, -0.15) is 11.8 Å². The number of allylic oxidation sites excluding steroid dienone is 1. The summed E-state index contributed by atoms with van der Waals surface area (Å²) in [7, 11) is 0. The number of ether oxygens (including phenoxy) is 1. The second-order valence-corrected chi connectivity index (χ2v) is 6.82. The molecule has 0 radical (unpaired) electrons. The molecule has 0 aliphatic heterocycles. The second kappa shape index (κ2) is 6.48. The van der Waals surface area contributed by atoms with Crippen molar-refractivity contribution < 1.29 is 9.53 Å². The molecule has 3 heteroatoms. The highest BCUT2D eigenvalue weighted by molar-refractivity contribution is 7.99. The highest BCUT2D eigenvalue weighted by Gasteiger charge is 2.20. The molecule has 2 nitrogen and oxygen atoms in total. The standard InChI is InChI=1S/C14H24O2S/c1-14(2,3)16-13(15)9-8-11-6-5-7-12(10-11)17-4/h8-9,11-12H,5-7,10H2,1-4H3/b9-8+.